The van der Waals surface area contributed by atoms with Gasteiger partial charge in [-0.25, -0.2) is 0 Å². The Bertz CT molecular complexity index is 2780. The molecule has 10 rings (SSSR count). The lowest BCUT2D eigenvalue weighted by atomic mass is 9.82. The summed E-state index contributed by atoms with van der Waals surface area (Å²) in [7, 11) is 0. The molecule has 0 bridgehead atoms. The highest BCUT2D eigenvalue weighted by Crippen LogP contribution is 2.51. The van der Waals surface area contributed by atoms with Gasteiger partial charge in [-0.15, -0.1) is 0 Å². The minimum Gasteiger partial charge on any atom is -0.310 e. The van der Waals surface area contributed by atoms with Crippen molar-refractivity contribution in [2.24, 2.45) is 0 Å². The van der Waals surface area contributed by atoms with Crippen LogP contribution in [0.3, 0.4) is 0 Å². The summed E-state index contributed by atoms with van der Waals surface area (Å²) in [5.74, 6) is 0. The van der Waals surface area contributed by atoms with Crippen LogP contribution in [0.25, 0.3) is 60.5 Å². The van der Waals surface area contributed by atoms with Gasteiger partial charge in [0, 0.05) is 38.5 Å². The summed E-state index contributed by atoms with van der Waals surface area (Å²) < 4.78 is 2.46. The third-order valence-corrected chi connectivity index (χ3v) is 11.0. The molecule has 0 unspecified atom stereocenters. The highest BCUT2D eigenvalue weighted by molar-refractivity contribution is 6.12. The predicted molar refractivity (Wildman–Crippen MR) is 216 cm³/mol. The Balaban J connectivity index is 1.26. The fourth-order valence-corrected chi connectivity index (χ4v) is 8.55. The van der Waals surface area contributed by atoms with Crippen molar-refractivity contribution < 1.29 is 0 Å². The molecule has 8 aromatic carbocycles. The van der Waals surface area contributed by atoms with Crippen LogP contribution in [-0.2, 0) is 5.41 Å². The molecule has 0 aliphatic heterocycles. The molecule has 0 radical (unpaired) electrons. The fraction of sp³-hybridized carbons (Fsp3) is 0.0612. The molecule has 2 nitrogen and oxygen atoms in total. The number of aromatic nitrogens is 1. The van der Waals surface area contributed by atoms with Gasteiger partial charge in [-0.2, -0.15) is 0 Å². The number of anilines is 3. The minimum atomic E-state index is -0.114. The molecule has 9 aromatic rings. The lowest BCUT2D eigenvalue weighted by Crippen LogP contribution is -2.17. The molecule has 0 N–H and O–H groups in total. The summed E-state index contributed by atoms with van der Waals surface area (Å²) in [6.45, 7) is 4.72. The van der Waals surface area contributed by atoms with Crippen molar-refractivity contribution in [3.63, 3.8) is 0 Å². The largest absolute Gasteiger partial charge is 0.310 e. The van der Waals surface area contributed by atoms with E-state index < -0.39 is 0 Å². The van der Waals surface area contributed by atoms with E-state index in [-0.39, 0.29) is 5.41 Å². The first-order valence-corrected chi connectivity index (χ1v) is 17.8. The van der Waals surface area contributed by atoms with Crippen LogP contribution in [0.15, 0.2) is 182 Å². The first-order valence-electron chi connectivity index (χ1n) is 17.8. The second-order valence-electron chi connectivity index (χ2n) is 14.2. The van der Waals surface area contributed by atoms with Crippen LogP contribution in [0.2, 0.25) is 0 Å². The van der Waals surface area contributed by atoms with Gasteiger partial charge in [0.05, 0.1) is 22.4 Å². The van der Waals surface area contributed by atoms with Crippen molar-refractivity contribution in [2.45, 2.75) is 19.3 Å². The second-order valence-corrected chi connectivity index (χ2v) is 14.2. The third-order valence-electron chi connectivity index (χ3n) is 11.0. The topological polar surface area (TPSA) is 8.17 Å². The normalized spacial score (nSPS) is 13.1. The average Bonchev–Trinajstić information content (AvgIpc) is 3.63. The molecular formula is C49H36N2. The molecule has 2 heteroatoms. The highest BCUT2D eigenvalue weighted by atomic mass is 15.1. The Morgan fingerprint density at radius 1 is 0.431 bits per heavy atom. The van der Waals surface area contributed by atoms with Gasteiger partial charge < -0.3 is 9.47 Å². The van der Waals surface area contributed by atoms with Gasteiger partial charge in [0.2, 0.25) is 0 Å². The Labute approximate surface area is 298 Å². The molecule has 1 aromatic heterocycles. The van der Waals surface area contributed by atoms with E-state index in [1.54, 1.807) is 0 Å². The van der Waals surface area contributed by atoms with Crippen LogP contribution in [0.4, 0.5) is 17.1 Å². The number of fused-ring (bicyclic) bond motifs is 7. The Hall–Kier alpha value is -6.38. The molecule has 0 fully saturated rings. The van der Waals surface area contributed by atoms with Crippen LogP contribution < -0.4 is 4.90 Å². The zero-order valence-electron chi connectivity index (χ0n) is 28.7. The molecule has 0 amide bonds. The molecule has 242 valence electrons. The summed E-state index contributed by atoms with van der Waals surface area (Å²) in [4.78, 5) is 2.46. The highest BCUT2D eigenvalue weighted by Gasteiger charge is 2.36. The first-order chi connectivity index (χ1) is 25.1. The third kappa shape index (κ3) is 4.50. The molecule has 51 heavy (non-hydrogen) atoms. The number of hydrogen-bond donors (Lipinski definition) is 0. The van der Waals surface area contributed by atoms with Crippen LogP contribution in [-0.4, -0.2) is 4.57 Å². The lowest BCUT2D eigenvalue weighted by molar-refractivity contribution is 0.660. The zero-order valence-corrected chi connectivity index (χ0v) is 28.7. The first kappa shape index (κ1) is 29.5. The molecule has 0 saturated heterocycles. The maximum absolute atomic E-state index is 2.46. The Morgan fingerprint density at radius 3 is 1.94 bits per heavy atom. The number of hydrogen-bond acceptors (Lipinski definition) is 1. The van der Waals surface area contributed by atoms with E-state index in [4.69, 9.17) is 0 Å². The van der Waals surface area contributed by atoms with Crippen molar-refractivity contribution in [1.29, 1.82) is 0 Å². The monoisotopic (exact) mass is 652 g/mol. The molecule has 1 heterocycles. The standard InChI is InChI=1S/C49H36N2/c1-49(2)43-23-11-8-21-39(43)40-29-27-35(31-44(40)49)50(45-24-12-9-20-37(45)33-15-4-3-5-16-33)36-28-30-42-41-22-10-13-25-47(41)51(48(42)32-36)46-26-14-18-34-17-6-7-19-38(34)46/h3-32H,1-2H3. The van der Waals surface area contributed by atoms with Gasteiger partial charge in [-0.1, -0.05) is 153 Å². The van der Waals surface area contributed by atoms with E-state index in [2.05, 4.69) is 205 Å². The number of para-hydroxylation sites is 2. The molecule has 1 aliphatic carbocycles. The number of rotatable bonds is 5. The van der Waals surface area contributed by atoms with Crippen LogP contribution >= 0.6 is 0 Å². The molecular weight excluding hydrogens is 617 g/mol. The van der Waals surface area contributed by atoms with Crippen LogP contribution in [0.5, 0.6) is 0 Å². The van der Waals surface area contributed by atoms with Gasteiger partial charge >= 0.3 is 0 Å². The van der Waals surface area contributed by atoms with E-state index in [9.17, 15) is 0 Å². The van der Waals surface area contributed by atoms with Gasteiger partial charge in [-0.05, 0) is 75.7 Å². The SMILES string of the molecule is CC1(C)c2ccccc2-c2ccc(N(c3ccc4c5ccccc5n(-c5cccc6ccccc56)c4c3)c3ccccc3-c3ccccc3)cc21. The van der Waals surface area contributed by atoms with E-state index in [1.807, 2.05) is 0 Å². The molecule has 0 atom stereocenters. The summed E-state index contributed by atoms with van der Waals surface area (Å²) in [5, 5.41) is 4.96. The second kappa shape index (κ2) is 11.3. The zero-order chi connectivity index (χ0) is 34.1. The van der Waals surface area contributed by atoms with E-state index in [0.717, 1.165) is 17.1 Å². The van der Waals surface area contributed by atoms with Gasteiger partial charge in [0.15, 0.2) is 0 Å². The van der Waals surface area contributed by atoms with E-state index in [1.165, 1.54) is 71.6 Å². The van der Waals surface area contributed by atoms with Gasteiger partial charge in [0.25, 0.3) is 0 Å². The maximum Gasteiger partial charge on any atom is 0.0562 e. The molecule has 0 saturated carbocycles. The average molecular weight is 653 g/mol. The minimum absolute atomic E-state index is 0.114. The number of benzene rings is 8. The Morgan fingerprint density at radius 2 is 1.06 bits per heavy atom. The summed E-state index contributed by atoms with van der Waals surface area (Å²) in [5.41, 5.74) is 14.6. The quantitative estimate of drug-likeness (QED) is 0.180. The predicted octanol–water partition coefficient (Wildman–Crippen LogP) is 13.4. The Kier molecular flexibility index (Phi) is 6.56. The number of nitrogens with zero attached hydrogens (tertiary/aromatic N) is 2. The van der Waals surface area contributed by atoms with Crippen LogP contribution in [0.1, 0.15) is 25.0 Å². The van der Waals surface area contributed by atoms with Crippen LogP contribution in [0, 0.1) is 0 Å². The maximum atomic E-state index is 2.46. The van der Waals surface area contributed by atoms with Crippen molar-refractivity contribution in [1.82, 2.24) is 4.57 Å². The fourth-order valence-electron chi connectivity index (χ4n) is 8.55. The van der Waals surface area contributed by atoms with Crippen molar-refractivity contribution in [2.75, 3.05) is 4.90 Å². The van der Waals surface area contributed by atoms with Gasteiger partial charge in [-0.3, -0.25) is 0 Å². The van der Waals surface area contributed by atoms with Crippen molar-refractivity contribution in [3.05, 3.63) is 193 Å². The molecule has 0 spiro atoms. The summed E-state index contributed by atoms with van der Waals surface area (Å²) in [6, 6.07) is 66.7. The summed E-state index contributed by atoms with van der Waals surface area (Å²) in [6.07, 6.45) is 0. The smallest absolute Gasteiger partial charge is 0.0562 e. The van der Waals surface area contributed by atoms with E-state index in [0.29, 0.717) is 0 Å². The summed E-state index contributed by atoms with van der Waals surface area (Å²) >= 11 is 0. The van der Waals surface area contributed by atoms with Crippen molar-refractivity contribution in [3.8, 4) is 27.9 Å². The van der Waals surface area contributed by atoms with Crippen molar-refractivity contribution >= 4 is 49.6 Å². The van der Waals surface area contributed by atoms with E-state index >= 15 is 0 Å². The lowest BCUT2D eigenvalue weighted by Gasteiger charge is -2.30. The molecule has 1 aliphatic rings. The van der Waals surface area contributed by atoms with Gasteiger partial charge in [0.1, 0.15) is 0 Å².